The van der Waals surface area contributed by atoms with E-state index in [1.54, 1.807) is 6.26 Å². The zero-order chi connectivity index (χ0) is 14.9. The first-order valence-corrected chi connectivity index (χ1v) is 8.94. The van der Waals surface area contributed by atoms with E-state index in [9.17, 15) is 5.11 Å². The van der Waals surface area contributed by atoms with Gasteiger partial charge in [0.2, 0.25) is 0 Å². The molecule has 1 unspecified atom stereocenters. The van der Waals surface area contributed by atoms with E-state index < -0.39 is 0 Å². The van der Waals surface area contributed by atoms with Gasteiger partial charge in [-0.05, 0) is 50.6 Å². The number of fused-ring (bicyclic) bond motifs is 3. The molecule has 22 heavy (non-hydrogen) atoms. The Balaban J connectivity index is 1.30. The molecule has 1 N–H and O–H groups in total. The molecule has 0 amide bonds. The second-order valence-electron chi connectivity index (χ2n) is 7.24. The molecule has 122 valence electrons. The largest absolute Gasteiger partial charge is 0.504 e. The molecule has 1 aromatic heterocycles. The summed E-state index contributed by atoms with van der Waals surface area (Å²) >= 11 is 0. The van der Waals surface area contributed by atoms with Crippen molar-refractivity contribution in [3.8, 4) is 5.75 Å². The molecule has 0 aromatic carbocycles. The van der Waals surface area contributed by atoms with Crippen LogP contribution in [-0.4, -0.2) is 42.4 Å². The van der Waals surface area contributed by atoms with Crippen LogP contribution in [0.3, 0.4) is 0 Å². The van der Waals surface area contributed by atoms with Crippen LogP contribution in [0.25, 0.3) is 0 Å². The minimum absolute atomic E-state index is 0.383. The molecule has 3 saturated heterocycles. The molecule has 0 spiro atoms. The topological polar surface area (TPSA) is 45.8 Å². The molecular weight excluding hydrogens is 278 g/mol. The first-order valence-electron chi connectivity index (χ1n) is 8.94. The SMILES string of the molecule is Oc1c(C2CCCC2)coc1CCOC1CN2CCC1CC2. The van der Waals surface area contributed by atoms with E-state index in [1.165, 1.54) is 51.6 Å². The molecule has 1 aromatic rings. The Kier molecular flexibility index (Phi) is 4.14. The number of furan rings is 1. The van der Waals surface area contributed by atoms with E-state index in [4.69, 9.17) is 9.15 Å². The number of nitrogens with zero attached hydrogens (tertiary/aromatic N) is 1. The average Bonchev–Trinajstić information content (AvgIpc) is 3.19. The molecule has 3 aliphatic heterocycles. The summed E-state index contributed by atoms with van der Waals surface area (Å²) in [5, 5.41) is 10.4. The summed E-state index contributed by atoms with van der Waals surface area (Å²) in [4.78, 5) is 2.51. The van der Waals surface area contributed by atoms with Crippen molar-refractivity contribution in [3.05, 3.63) is 17.6 Å². The maximum Gasteiger partial charge on any atom is 0.160 e. The fraction of sp³-hybridized carbons (Fsp3) is 0.778. The van der Waals surface area contributed by atoms with E-state index in [0.717, 1.165) is 18.0 Å². The van der Waals surface area contributed by atoms with Crippen LogP contribution >= 0.6 is 0 Å². The normalized spacial score (nSPS) is 31.9. The Hall–Kier alpha value is -1.00. The Morgan fingerprint density at radius 3 is 2.64 bits per heavy atom. The molecule has 0 radical (unpaired) electrons. The lowest BCUT2D eigenvalue weighted by atomic mass is 9.86. The van der Waals surface area contributed by atoms with Gasteiger partial charge < -0.3 is 19.2 Å². The third-order valence-corrected chi connectivity index (χ3v) is 5.92. The molecule has 4 heteroatoms. The number of hydrogen-bond donors (Lipinski definition) is 1. The van der Waals surface area contributed by atoms with Crippen molar-refractivity contribution in [1.82, 2.24) is 4.90 Å². The zero-order valence-electron chi connectivity index (χ0n) is 13.3. The highest BCUT2D eigenvalue weighted by Gasteiger charge is 2.34. The lowest BCUT2D eigenvalue weighted by Gasteiger charge is -2.44. The maximum absolute atomic E-state index is 10.4. The van der Waals surface area contributed by atoms with Crippen LogP contribution in [0.2, 0.25) is 0 Å². The molecule has 1 aliphatic carbocycles. The smallest absolute Gasteiger partial charge is 0.160 e. The summed E-state index contributed by atoms with van der Waals surface area (Å²) < 4.78 is 11.7. The van der Waals surface area contributed by atoms with Crippen molar-refractivity contribution in [3.63, 3.8) is 0 Å². The Bertz CT molecular complexity index is 498. The summed E-state index contributed by atoms with van der Waals surface area (Å²) in [7, 11) is 0. The third-order valence-electron chi connectivity index (χ3n) is 5.92. The quantitative estimate of drug-likeness (QED) is 0.906. The van der Waals surface area contributed by atoms with E-state index in [1.807, 2.05) is 0 Å². The molecule has 1 saturated carbocycles. The number of piperidine rings is 3. The molecule has 4 aliphatic rings. The van der Waals surface area contributed by atoms with Gasteiger partial charge in [-0.2, -0.15) is 0 Å². The summed E-state index contributed by atoms with van der Waals surface area (Å²) in [6, 6.07) is 0. The number of hydrogen-bond acceptors (Lipinski definition) is 4. The van der Waals surface area contributed by atoms with Gasteiger partial charge in [-0.1, -0.05) is 12.8 Å². The predicted octanol–water partition coefficient (Wildman–Crippen LogP) is 3.30. The summed E-state index contributed by atoms with van der Waals surface area (Å²) in [5.74, 6) is 2.34. The van der Waals surface area contributed by atoms with Crippen LogP contribution in [0.15, 0.2) is 10.7 Å². The lowest BCUT2D eigenvalue weighted by molar-refractivity contribution is -0.0691. The first-order chi connectivity index (χ1) is 10.8. The minimum Gasteiger partial charge on any atom is -0.504 e. The molecule has 4 fully saturated rings. The predicted molar refractivity (Wildman–Crippen MR) is 84.2 cm³/mol. The fourth-order valence-electron chi connectivity index (χ4n) is 4.51. The van der Waals surface area contributed by atoms with Crippen LogP contribution in [-0.2, 0) is 11.2 Å². The number of rotatable bonds is 5. The Morgan fingerprint density at radius 2 is 1.95 bits per heavy atom. The van der Waals surface area contributed by atoms with Gasteiger partial charge in [0.15, 0.2) is 5.75 Å². The van der Waals surface area contributed by atoms with Crippen LogP contribution in [0, 0.1) is 5.92 Å². The van der Waals surface area contributed by atoms with Gasteiger partial charge in [0.1, 0.15) is 5.76 Å². The first kappa shape index (κ1) is 14.6. The summed E-state index contributed by atoms with van der Waals surface area (Å²) in [6.07, 6.45) is 10.3. The van der Waals surface area contributed by atoms with Gasteiger partial charge in [0, 0.05) is 18.5 Å². The van der Waals surface area contributed by atoms with Crippen molar-refractivity contribution < 1.29 is 14.3 Å². The average molecular weight is 305 g/mol. The van der Waals surface area contributed by atoms with Gasteiger partial charge in [-0.3, -0.25) is 0 Å². The molecule has 2 bridgehead atoms. The van der Waals surface area contributed by atoms with Crippen LogP contribution in [0.1, 0.15) is 55.8 Å². The van der Waals surface area contributed by atoms with Crippen molar-refractivity contribution in [2.75, 3.05) is 26.2 Å². The van der Waals surface area contributed by atoms with Crippen molar-refractivity contribution >= 4 is 0 Å². The molecule has 4 nitrogen and oxygen atoms in total. The molecule has 5 rings (SSSR count). The highest BCUT2D eigenvalue weighted by atomic mass is 16.5. The second kappa shape index (κ2) is 6.25. The van der Waals surface area contributed by atoms with Gasteiger partial charge in [-0.25, -0.2) is 0 Å². The fourth-order valence-corrected chi connectivity index (χ4v) is 4.51. The monoisotopic (exact) mass is 305 g/mol. The Morgan fingerprint density at radius 1 is 1.18 bits per heavy atom. The van der Waals surface area contributed by atoms with Crippen LogP contribution in [0.5, 0.6) is 5.75 Å². The zero-order valence-corrected chi connectivity index (χ0v) is 13.3. The van der Waals surface area contributed by atoms with E-state index in [0.29, 0.717) is 36.6 Å². The van der Waals surface area contributed by atoms with Crippen molar-refractivity contribution in [2.45, 2.75) is 57.0 Å². The van der Waals surface area contributed by atoms with Crippen LogP contribution in [0.4, 0.5) is 0 Å². The van der Waals surface area contributed by atoms with E-state index in [-0.39, 0.29) is 0 Å². The molecular formula is C18H27NO3. The third kappa shape index (κ3) is 2.79. The lowest BCUT2D eigenvalue weighted by Crippen LogP contribution is -2.51. The van der Waals surface area contributed by atoms with Gasteiger partial charge in [0.25, 0.3) is 0 Å². The van der Waals surface area contributed by atoms with Gasteiger partial charge in [-0.15, -0.1) is 0 Å². The van der Waals surface area contributed by atoms with E-state index >= 15 is 0 Å². The van der Waals surface area contributed by atoms with Crippen LogP contribution < -0.4 is 0 Å². The standard InChI is InChI=1S/C18H27NO3/c20-18-15(13-3-1-2-4-13)12-22-16(18)7-10-21-17-11-19-8-5-14(17)6-9-19/h12-14,17,20H,1-11H2. The highest BCUT2D eigenvalue weighted by molar-refractivity contribution is 5.37. The minimum atomic E-state index is 0.383. The Labute approximate surface area is 132 Å². The van der Waals surface area contributed by atoms with Crippen molar-refractivity contribution in [2.24, 2.45) is 5.92 Å². The highest BCUT2D eigenvalue weighted by Crippen LogP contribution is 2.40. The number of aromatic hydroxyl groups is 1. The number of ether oxygens (including phenoxy) is 1. The van der Waals surface area contributed by atoms with Gasteiger partial charge >= 0.3 is 0 Å². The van der Waals surface area contributed by atoms with Crippen molar-refractivity contribution in [1.29, 1.82) is 0 Å². The maximum atomic E-state index is 10.4. The van der Waals surface area contributed by atoms with Gasteiger partial charge in [0.05, 0.1) is 19.0 Å². The molecule has 4 heterocycles. The van der Waals surface area contributed by atoms with E-state index in [2.05, 4.69) is 4.90 Å². The summed E-state index contributed by atoms with van der Waals surface area (Å²) in [6.45, 7) is 4.23. The molecule has 1 atom stereocenters. The second-order valence-corrected chi connectivity index (χ2v) is 7.24. The summed E-state index contributed by atoms with van der Waals surface area (Å²) in [5.41, 5.74) is 1.02.